The van der Waals surface area contributed by atoms with Crippen molar-refractivity contribution in [2.45, 2.75) is 6.42 Å². The molecule has 0 atom stereocenters. The van der Waals surface area contributed by atoms with Crippen molar-refractivity contribution in [3.05, 3.63) is 72.7 Å². The fourth-order valence-electron chi connectivity index (χ4n) is 3.32. The fourth-order valence-corrected chi connectivity index (χ4v) is 3.32. The van der Waals surface area contributed by atoms with Crippen molar-refractivity contribution in [2.24, 2.45) is 0 Å². The third-order valence-corrected chi connectivity index (χ3v) is 4.86. The lowest BCUT2D eigenvalue weighted by Crippen LogP contribution is -2.29. The highest BCUT2D eigenvalue weighted by molar-refractivity contribution is 5.90. The van der Waals surface area contributed by atoms with Gasteiger partial charge in [-0.3, -0.25) is 9.78 Å². The number of anilines is 1. The predicted octanol–water partition coefficient (Wildman–Crippen LogP) is 4.10. The van der Waals surface area contributed by atoms with Crippen LogP contribution in [-0.2, 0) is 9.53 Å². The Balaban J connectivity index is 1.57. The number of ether oxygens (including phenoxy) is 3. The van der Waals surface area contributed by atoms with E-state index in [4.69, 9.17) is 14.2 Å². The fraction of sp³-hybridized carbons (Fsp3) is 0.208. The van der Waals surface area contributed by atoms with Gasteiger partial charge < -0.3 is 19.1 Å². The Bertz CT molecular complexity index is 1140. The number of aromatic nitrogens is 2. The van der Waals surface area contributed by atoms with Gasteiger partial charge in [0.1, 0.15) is 23.1 Å². The minimum absolute atomic E-state index is 0.0546. The highest BCUT2D eigenvalue weighted by Crippen LogP contribution is 2.31. The summed E-state index contributed by atoms with van der Waals surface area (Å²) in [7, 11) is 3.27. The van der Waals surface area contributed by atoms with E-state index in [9.17, 15) is 4.79 Å². The monoisotopic (exact) mass is 416 g/mol. The SMILES string of the molecule is COCCN(C1=CC=[C]C(=O)C1)c1ccc(Oc2ccnc3cc(OC)ccc23)cn1. The van der Waals surface area contributed by atoms with Gasteiger partial charge in [-0.05, 0) is 42.5 Å². The predicted molar refractivity (Wildman–Crippen MR) is 117 cm³/mol. The molecule has 7 nitrogen and oxygen atoms in total. The Labute approximate surface area is 180 Å². The molecule has 0 fully saturated rings. The first-order valence-corrected chi connectivity index (χ1v) is 9.83. The van der Waals surface area contributed by atoms with Gasteiger partial charge in [0.15, 0.2) is 5.78 Å². The topological polar surface area (TPSA) is 73.8 Å². The Morgan fingerprint density at radius 2 is 1.97 bits per heavy atom. The molecule has 3 aromatic rings. The van der Waals surface area contributed by atoms with Crippen molar-refractivity contribution in [1.29, 1.82) is 0 Å². The summed E-state index contributed by atoms with van der Waals surface area (Å²) < 4.78 is 16.6. The van der Waals surface area contributed by atoms with Crippen LogP contribution in [-0.4, -0.2) is 43.1 Å². The molecule has 1 aromatic carbocycles. The summed E-state index contributed by atoms with van der Waals surface area (Å²) in [6, 6.07) is 11.2. The molecule has 31 heavy (non-hydrogen) atoms. The maximum atomic E-state index is 11.8. The van der Waals surface area contributed by atoms with E-state index < -0.39 is 0 Å². The number of hydrogen-bond donors (Lipinski definition) is 0. The molecular formula is C24H22N3O4. The first-order chi connectivity index (χ1) is 15.2. The number of pyridine rings is 2. The zero-order chi connectivity index (χ0) is 21.6. The second kappa shape index (κ2) is 9.40. The maximum absolute atomic E-state index is 11.8. The van der Waals surface area contributed by atoms with E-state index >= 15 is 0 Å². The maximum Gasteiger partial charge on any atom is 0.169 e. The Kier molecular flexibility index (Phi) is 6.24. The molecule has 0 saturated carbocycles. The van der Waals surface area contributed by atoms with Crippen LogP contribution in [0.5, 0.6) is 17.2 Å². The first-order valence-electron chi connectivity index (χ1n) is 9.83. The second-order valence-electron chi connectivity index (χ2n) is 6.86. The highest BCUT2D eigenvalue weighted by Gasteiger charge is 2.18. The summed E-state index contributed by atoms with van der Waals surface area (Å²) in [6.45, 7) is 1.08. The minimum atomic E-state index is -0.0546. The lowest BCUT2D eigenvalue weighted by atomic mass is 10.1. The molecule has 0 amide bonds. The number of carbonyl (C=O) groups is 1. The molecule has 1 aliphatic carbocycles. The van der Waals surface area contributed by atoms with E-state index in [-0.39, 0.29) is 12.2 Å². The number of rotatable bonds is 8. The molecule has 1 radical (unpaired) electrons. The van der Waals surface area contributed by atoms with Crippen LogP contribution in [0, 0.1) is 6.08 Å². The van der Waals surface area contributed by atoms with Crippen molar-refractivity contribution in [2.75, 3.05) is 32.3 Å². The van der Waals surface area contributed by atoms with E-state index in [0.29, 0.717) is 30.5 Å². The molecule has 7 heteroatoms. The van der Waals surface area contributed by atoms with Crippen LogP contribution < -0.4 is 14.4 Å². The minimum Gasteiger partial charge on any atom is -0.497 e. The molecule has 157 valence electrons. The number of Topliss-reactive ketones (excluding diaryl/α,β-unsaturated/α-hetero) is 1. The normalized spacial score (nSPS) is 13.2. The molecule has 0 saturated heterocycles. The second-order valence-corrected chi connectivity index (χ2v) is 6.86. The van der Waals surface area contributed by atoms with Gasteiger partial charge in [0, 0.05) is 43.1 Å². The average molecular weight is 416 g/mol. The van der Waals surface area contributed by atoms with Gasteiger partial charge in [-0.25, -0.2) is 4.98 Å². The van der Waals surface area contributed by atoms with Crippen LogP contribution >= 0.6 is 0 Å². The van der Waals surface area contributed by atoms with Gasteiger partial charge in [-0.15, -0.1) is 0 Å². The van der Waals surface area contributed by atoms with Gasteiger partial charge in [0.2, 0.25) is 0 Å². The third kappa shape index (κ3) is 4.73. The Morgan fingerprint density at radius 3 is 2.71 bits per heavy atom. The summed E-state index contributed by atoms with van der Waals surface area (Å²) in [5.41, 5.74) is 1.64. The van der Waals surface area contributed by atoms with Crippen molar-refractivity contribution in [1.82, 2.24) is 9.97 Å². The zero-order valence-corrected chi connectivity index (χ0v) is 17.4. The van der Waals surface area contributed by atoms with Crippen molar-refractivity contribution >= 4 is 22.5 Å². The molecule has 0 bridgehead atoms. The number of nitrogens with zero attached hydrogens (tertiary/aromatic N) is 3. The van der Waals surface area contributed by atoms with Crippen LogP contribution in [0.4, 0.5) is 5.82 Å². The van der Waals surface area contributed by atoms with Gasteiger partial charge in [-0.1, -0.05) is 0 Å². The lowest BCUT2D eigenvalue weighted by molar-refractivity contribution is -0.114. The van der Waals surface area contributed by atoms with E-state index in [1.165, 1.54) is 0 Å². The largest absolute Gasteiger partial charge is 0.497 e. The van der Waals surface area contributed by atoms with Gasteiger partial charge >= 0.3 is 0 Å². The summed E-state index contributed by atoms with van der Waals surface area (Å²) >= 11 is 0. The van der Waals surface area contributed by atoms with Crippen molar-refractivity contribution < 1.29 is 19.0 Å². The van der Waals surface area contributed by atoms with Crippen LogP contribution in [0.25, 0.3) is 10.9 Å². The van der Waals surface area contributed by atoms with E-state index in [2.05, 4.69) is 16.0 Å². The molecule has 4 rings (SSSR count). The van der Waals surface area contributed by atoms with Crippen LogP contribution in [0.2, 0.25) is 0 Å². The Morgan fingerprint density at radius 1 is 1.10 bits per heavy atom. The molecule has 1 aliphatic rings. The number of allylic oxidation sites excluding steroid dienone is 4. The Hall–Kier alpha value is -3.71. The molecule has 0 N–H and O–H groups in total. The quantitative estimate of drug-likeness (QED) is 0.547. The molecule has 0 spiro atoms. The number of methoxy groups -OCH3 is 2. The van der Waals surface area contributed by atoms with Gasteiger partial charge in [0.05, 0.1) is 31.9 Å². The third-order valence-electron chi connectivity index (χ3n) is 4.86. The van der Waals surface area contributed by atoms with Crippen LogP contribution in [0.3, 0.4) is 0 Å². The van der Waals surface area contributed by atoms with Crippen LogP contribution in [0.1, 0.15) is 6.42 Å². The molecular weight excluding hydrogens is 394 g/mol. The van der Waals surface area contributed by atoms with E-state index in [1.54, 1.807) is 32.7 Å². The number of hydrogen-bond acceptors (Lipinski definition) is 7. The lowest BCUT2D eigenvalue weighted by Gasteiger charge is -2.26. The number of benzene rings is 1. The standard InChI is InChI=1S/C24H22N3O4/c1-29-13-12-27(17-4-3-5-18(28)14-17)24-9-7-20(16-26-24)31-23-10-11-25-22-15-19(30-2)6-8-21(22)23/h3-4,6-11,15-16H,12-14H2,1-2H3. The molecule has 2 heterocycles. The molecule has 0 aliphatic heterocycles. The summed E-state index contributed by atoms with van der Waals surface area (Å²) in [5, 5.41) is 0.878. The van der Waals surface area contributed by atoms with Crippen molar-refractivity contribution in [3.8, 4) is 17.2 Å². The summed E-state index contributed by atoms with van der Waals surface area (Å²) in [5.74, 6) is 2.67. The van der Waals surface area contributed by atoms with Crippen molar-refractivity contribution in [3.63, 3.8) is 0 Å². The first kappa shape index (κ1) is 20.6. The summed E-state index contributed by atoms with van der Waals surface area (Å²) in [4.78, 5) is 22.7. The number of ketones is 1. The van der Waals surface area contributed by atoms with E-state index in [1.807, 2.05) is 47.4 Å². The smallest absolute Gasteiger partial charge is 0.169 e. The average Bonchev–Trinajstić information content (AvgIpc) is 2.80. The van der Waals surface area contributed by atoms with Gasteiger partial charge in [0.25, 0.3) is 0 Å². The molecule has 0 unspecified atom stereocenters. The number of fused-ring (bicyclic) bond motifs is 1. The van der Waals surface area contributed by atoms with Gasteiger partial charge in [-0.2, -0.15) is 0 Å². The van der Waals surface area contributed by atoms with E-state index in [0.717, 1.165) is 22.3 Å². The number of carbonyl (C=O) groups excluding carboxylic acids is 1. The zero-order valence-electron chi connectivity index (χ0n) is 17.4. The van der Waals surface area contributed by atoms with Crippen LogP contribution in [0.15, 0.2) is 66.6 Å². The highest BCUT2D eigenvalue weighted by atomic mass is 16.5. The summed E-state index contributed by atoms with van der Waals surface area (Å²) in [6.07, 6.45) is 9.84. The molecule has 2 aromatic heterocycles.